The van der Waals surface area contributed by atoms with Crippen molar-refractivity contribution >= 4 is 20.2 Å². The van der Waals surface area contributed by atoms with Gasteiger partial charge in [-0.1, -0.05) is 12.1 Å². The van der Waals surface area contributed by atoms with E-state index < -0.39 is 0 Å². The fraction of sp³-hybridized carbons (Fsp3) is 0.0769. The van der Waals surface area contributed by atoms with Crippen molar-refractivity contribution in [3.05, 3.63) is 48.3 Å². The van der Waals surface area contributed by atoms with Crippen LogP contribution >= 0.6 is 9.24 Å². The summed E-state index contributed by atoms with van der Waals surface area (Å²) in [7, 11) is 4.39. The van der Waals surface area contributed by atoms with E-state index >= 15 is 0 Å². The van der Waals surface area contributed by atoms with Crippen LogP contribution in [0, 0.1) is 5.82 Å². The second kappa shape index (κ2) is 4.63. The molecule has 0 saturated heterocycles. The van der Waals surface area contributed by atoms with E-state index in [0.717, 1.165) is 22.1 Å². The SMILES string of the molecule is CNc1ccc(-c2cc(F)cc(P)c2)cc1. The highest BCUT2D eigenvalue weighted by Crippen LogP contribution is 2.21. The van der Waals surface area contributed by atoms with Crippen LogP contribution in [0.5, 0.6) is 0 Å². The van der Waals surface area contributed by atoms with E-state index in [4.69, 9.17) is 0 Å². The molecule has 1 unspecified atom stereocenters. The first-order valence-corrected chi connectivity index (χ1v) is 5.61. The summed E-state index contributed by atoms with van der Waals surface area (Å²) >= 11 is 0. The predicted octanol–water partition coefficient (Wildman–Crippen LogP) is 3.03. The van der Waals surface area contributed by atoms with Gasteiger partial charge in [0.15, 0.2) is 0 Å². The van der Waals surface area contributed by atoms with Crippen LogP contribution in [0.15, 0.2) is 42.5 Å². The van der Waals surface area contributed by atoms with E-state index in [1.807, 2.05) is 37.4 Å². The molecule has 2 aromatic carbocycles. The van der Waals surface area contributed by atoms with Gasteiger partial charge in [-0.2, -0.15) is 0 Å². The van der Waals surface area contributed by atoms with E-state index in [1.54, 1.807) is 6.07 Å². The number of rotatable bonds is 2. The van der Waals surface area contributed by atoms with Crippen molar-refractivity contribution in [3.8, 4) is 11.1 Å². The number of benzene rings is 2. The van der Waals surface area contributed by atoms with Crippen molar-refractivity contribution in [1.29, 1.82) is 0 Å². The van der Waals surface area contributed by atoms with Crippen molar-refractivity contribution in [2.45, 2.75) is 0 Å². The van der Waals surface area contributed by atoms with Gasteiger partial charge < -0.3 is 5.32 Å². The van der Waals surface area contributed by atoms with Gasteiger partial charge in [-0.15, -0.1) is 9.24 Å². The van der Waals surface area contributed by atoms with Crippen LogP contribution in [0.3, 0.4) is 0 Å². The molecule has 82 valence electrons. The fourth-order valence-electron chi connectivity index (χ4n) is 1.61. The van der Waals surface area contributed by atoms with Crippen molar-refractivity contribution in [2.24, 2.45) is 0 Å². The van der Waals surface area contributed by atoms with Crippen molar-refractivity contribution in [1.82, 2.24) is 0 Å². The van der Waals surface area contributed by atoms with Crippen LogP contribution in [-0.2, 0) is 0 Å². The maximum atomic E-state index is 13.2. The minimum atomic E-state index is -0.208. The molecule has 16 heavy (non-hydrogen) atoms. The summed E-state index contributed by atoms with van der Waals surface area (Å²) in [5.74, 6) is -0.208. The minimum Gasteiger partial charge on any atom is -0.388 e. The van der Waals surface area contributed by atoms with Gasteiger partial charge in [0.05, 0.1) is 0 Å². The lowest BCUT2D eigenvalue weighted by atomic mass is 10.1. The Bertz CT molecular complexity index is 474. The van der Waals surface area contributed by atoms with Gasteiger partial charge in [-0.25, -0.2) is 4.39 Å². The standard InChI is InChI=1S/C13H13FNP/c1-15-12-4-2-9(3-5-12)10-6-11(14)8-13(16)7-10/h2-8,15H,16H2,1H3. The fourth-order valence-corrected chi connectivity index (χ4v) is 1.95. The molecule has 0 radical (unpaired) electrons. The number of hydrogen-bond donors (Lipinski definition) is 1. The summed E-state index contributed by atoms with van der Waals surface area (Å²) in [4.78, 5) is 0. The van der Waals surface area contributed by atoms with E-state index in [9.17, 15) is 4.39 Å². The van der Waals surface area contributed by atoms with E-state index in [0.29, 0.717) is 0 Å². The Morgan fingerprint density at radius 1 is 1.00 bits per heavy atom. The zero-order valence-electron chi connectivity index (χ0n) is 9.00. The predicted molar refractivity (Wildman–Crippen MR) is 70.7 cm³/mol. The van der Waals surface area contributed by atoms with Gasteiger partial charge >= 0.3 is 0 Å². The summed E-state index contributed by atoms with van der Waals surface area (Å²) in [5, 5.41) is 3.90. The lowest BCUT2D eigenvalue weighted by Crippen LogP contribution is -1.94. The molecule has 2 rings (SSSR count). The molecule has 2 aromatic rings. The molecule has 0 aliphatic heterocycles. The van der Waals surface area contributed by atoms with Crippen LogP contribution in [0.1, 0.15) is 0 Å². The summed E-state index contributed by atoms with van der Waals surface area (Å²) in [6.45, 7) is 0. The van der Waals surface area contributed by atoms with Gasteiger partial charge in [-0.05, 0) is 46.8 Å². The quantitative estimate of drug-likeness (QED) is 0.786. The highest BCUT2D eigenvalue weighted by Gasteiger charge is 2.01. The Balaban J connectivity index is 2.42. The summed E-state index contributed by atoms with van der Waals surface area (Å²) < 4.78 is 13.2. The average Bonchev–Trinajstić information content (AvgIpc) is 2.28. The molecule has 0 heterocycles. The topological polar surface area (TPSA) is 12.0 Å². The number of halogens is 1. The normalized spacial score (nSPS) is 10.2. The minimum absolute atomic E-state index is 0.208. The zero-order chi connectivity index (χ0) is 11.5. The zero-order valence-corrected chi connectivity index (χ0v) is 10.2. The van der Waals surface area contributed by atoms with Gasteiger partial charge in [0, 0.05) is 12.7 Å². The largest absolute Gasteiger partial charge is 0.388 e. The first kappa shape index (κ1) is 11.1. The van der Waals surface area contributed by atoms with Crippen LogP contribution in [0.2, 0.25) is 0 Å². The lowest BCUT2D eigenvalue weighted by molar-refractivity contribution is 0.629. The first-order chi connectivity index (χ1) is 7.69. The maximum absolute atomic E-state index is 13.2. The Morgan fingerprint density at radius 3 is 2.25 bits per heavy atom. The average molecular weight is 233 g/mol. The number of nitrogens with one attached hydrogen (secondary N) is 1. The smallest absolute Gasteiger partial charge is 0.124 e. The molecular formula is C13H13FNP. The molecule has 1 atom stereocenters. The van der Waals surface area contributed by atoms with Gasteiger partial charge in [0.2, 0.25) is 0 Å². The summed E-state index contributed by atoms with van der Waals surface area (Å²) in [6, 6.07) is 12.9. The molecule has 0 saturated carbocycles. The van der Waals surface area contributed by atoms with Crippen molar-refractivity contribution in [3.63, 3.8) is 0 Å². The molecule has 0 fully saturated rings. The van der Waals surface area contributed by atoms with Crippen molar-refractivity contribution in [2.75, 3.05) is 12.4 Å². The third kappa shape index (κ3) is 2.40. The lowest BCUT2D eigenvalue weighted by Gasteiger charge is -2.05. The Labute approximate surface area is 96.9 Å². The highest BCUT2D eigenvalue weighted by atomic mass is 31.0. The first-order valence-electron chi connectivity index (χ1n) is 5.03. The molecule has 3 heteroatoms. The van der Waals surface area contributed by atoms with Crippen LogP contribution in [-0.4, -0.2) is 7.05 Å². The highest BCUT2D eigenvalue weighted by molar-refractivity contribution is 7.27. The molecule has 0 aromatic heterocycles. The van der Waals surface area contributed by atoms with Crippen LogP contribution in [0.4, 0.5) is 10.1 Å². The maximum Gasteiger partial charge on any atom is 0.124 e. The van der Waals surface area contributed by atoms with Gasteiger partial charge in [0.1, 0.15) is 5.82 Å². The number of hydrogen-bond acceptors (Lipinski definition) is 1. The van der Waals surface area contributed by atoms with Crippen molar-refractivity contribution < 1.29 is 4.39 Å². The van der Waals surface area contributed by atoms with Crippen LogP contribution in [0.25, 0.3) is 11.1 Å². The summed E-state index contributed by atoms with van der Waals surface area (Å²) in [6.07, 6.45) is 0. The Hall–Kier alpha value is -1.40. The second-order valence-electron chi connectivity index (χ2n) is 3.60. The van der Waals surface area contributed by atoms with Gasteiger partial charge in [-0.3, -0.25) is 0 Å². The third-order valence-electron chi connectivity index (χ3n) is 2.43. The second-order valence-corrected chi connectivity index (χ2v) is 4.27. The third-order valence-corrected chi connectivity index (χ3v) is 2.76. The molecular weight excluding hydrogens is 220 g/mol. The van der Waals surface area contributed by atoms with E-state index in [2.05, 4.69) is 14.6 Å². The molecule has 0 aliphatic rings. The molecule has 1 nitrogen and oxygen atoms in total. The van der Waals surface area contributed by atoms with Crippen LogP contribution < -0.4 is 10.6 Å². The molecule has 0 aliphatic carbocycles. The molecule has 1 N–H and O–H groups in total. The number of anilines is 1. The Morgan fingerprint density at radius 2 is 1.69 bits per heavy atom. The Kier molecular flexibility index (Phi) is 3.21. The molecule has 0 bridgehead atoms. The monoisotopic (exact) mass is 233 g/mol. The molecule has 0 spiro atoms. The van der Waals surface area contributed by atoms with Gasteiger partial charge in [0.25, 0.3) is 0 Å². The van der Waals surface area contributed by atoms with E-state index in [-0.39, 0.29) is 5.82 Å². The summed E-state index contributed by atoms with van der Waals surface area (Å²) in [5.41, 5.74) is 2.96. The molecule has 0 amide bonds. The van der Waals surface area contributed by atoms with E-state index in [1.165, 1.54) is 6.07 Å².